The van der Waals surface area contributed by atoms with Crippen LogP contribution in [0.4, 0.5) is 10.5 Å². The SMILES string of the molecule is O=C1S/C(=C/c2cc(Cl)c(OCc3cccc([N+](=O)[O-])c3)c(Cl)c2)C(=O)N1Cc1ccc(Cl)cc1. The highest BCUT2D eigenvalue weighted by atomic mass is 35.5. The lowest BCUT2D eigenvalue weighted by molar-refractivity contribution is -0.384. The number of hydrogen-bond donors (Lipinski definition) is 0. The smallest absolute Gasteiger partial charge is 0.293 e. The summed E-state index contributed by atoms with van der Waals surface area (Å²) in [6, 6.07) is 16.0. The molecule has 35 heavy (non-hydrogen) atoms. The van der Waals surface area contributed by atoms with E-state index in [0.717, 1.165) is 22.2 Å². The van der Waals surface area contributed by atoms with Gasteiger partial charge in [0.05, 0.1) is 26.4 Å². The molecule has 0 aromatic heterocycles. The van der Waals surface area contributed by atoms with Crippen LogP contribution in [-0.2, 0) is 17.9 Å². The van der Waals surface area contributed by atoms with E-state index >= 15 is 0 Å². The highest BCUT2D eigenvalue weighted by molar-refractivity contribution is 8.18. The largest absolute Gasteiger partial charge is 0.486 e. The molecule has 11 heteroatoms. The van der Waals surface area contributed by atoms with Crippen LogP contribution < -0.4 is 4.74 Å². The molecule has 0 N–H and O–H groups in total. The Morgan fingerprint density at radius 1 is 0.971 bits per heavy atom. The minimum absolute atomic E-state index is 0.0179. The molecule has 1 heterocycles. The normalized spacial score (nSPS) is 14.6. The van der Waals surface area contributed by atoms with Crippen molar-refractivity contribution in [2.45, 2.75) is 13.2 Å². The molecule has 0 atom stereocenters. The zero-order chi connectivity index (χ0) is 25.1. The topological polar surface area (TPSA) is 89.7 Å². The Bertz CT molecular complexity index is 1340. The van der Waals surface area contributed by atoms with E-state index in [9.17, 15) is 19.7 Å². The van der Waals surface area contributed by atoms with Gasteiger partial charge in [0.15, 0.2) is 5.75 Å². The predicted molar refractivity (Wildman–Crippen MR) is 137 cm³/mol. The van der Waals surface area contributed by atoms with Gasteiger partial charge in [-0.1, -0.05) is 59.1 Å². The Balaban J connectivity index is 1.49. The molecule has 1 aliphatic heterocycles. The van der Waals surface area contributed by atoms with Crippen LogP contribution in [0.15, 0.2) is 65.6 Å². The van der Waals surface area contributed by atoms with Crippen molar-refractivity contribution in [2.24, 2.45) is 0 Å². The number of nitro groups is 1. The van der Waals surface area contributed by atoms with Gasteiger partial charge in [0.1, 0.15) is 6.61 Å². The van der Waals surface area contributed by atoms with Crippen LogP contribution >= 0.6 is 46.6 Å². The summed E-state index contributed by atoms with van der Waals surface area (Å²) in [6.07, 6.45) is 1.54. The molecule has 3 aromatic carbocycles. The molecule has 3 aromatic rings. The molecule has 0 bridgehead atoms. The molecule has 2 amide bonds. The minimum Gasteiger partial charge on any atom is -0.486 e. The Kier molecular flexibility index (Phi) is 7.66. The molecular formula is C24H15Cl3N2O5S. The van der Waals surface area contributed by atoms with Gasteiger partial charge in [-0.3, -0.25) is 24.6 Å². The van der Waals surface area contributed by atoms with Crippen LogP contribution in [0, 0.1) is 10.1 Å². The monoisotopic (exact) mass is 548 g/mol. The molecule has 1 fully saturated rings. The number of thioether (sulfide) groups is 1. The summed E-state index contributed by atoms with van der Waals surface area (Å²) in [5, 5.41) is 11.5. The number of amides is 2. The van der Waals surface area contributed by atoms with Crippen LogP contribution in [0.2, 0.25) is 15.1 Å². The highest BCUT2D eigenvalue weighted by Gasteiger charge is 2.35. The first kappa shape index (κ1) is 25.1. The maximum Gasteiger partial charge on any atom is 0.293 e. The van der Waals surface area contributed by atoms with E-state index in [1.54, 1.807) is 48.5 Å². The maximum atomic E-state index is 12.8. The number of nitro benzene ring substituents is 1. The van der Waals surface area contributed by atoms with Crippen LogP contribution in [-0.4, -0.2) is 21.0 Å². The number of carbonyl (C=O) groups is 2. The van der Waals surface area contributed by atoms with Crippen molar-refractivity contribution in [2.75, 3.05) is 0 Å². The molecule has 0 unspecified atom stereocenters. The van der Waals surface area contributed by atoms with Crippen LogP contribution in [0.5, 0.6) is 5.75 Å². The third-order valence-electron chi connectivity index (χ3n) is 4.95. The van der Waals surface area contributed by atoms with E-state index in [-0.39, 0.29) is 44.8 Å². The maximum absolute atomic E-state index is 12.8. The number of imide groups is 1. The summed E-state index contributed by atoms with van der Waals surface area (Å²) in [7, 11) is 0. The lowest BCUT2D eigenvalue weighted by atomic mass is 10.2. The van der Waals surface area contributed by atoms with Crippen molar-refractivity contribution < 1.29 is 19.2 Å². The standard InChI is InChI=1S/C24H15Cl3N2O5S/c25-17-6-4-14(5-7-17)12-28-23(30)21(35-24(28)31)11-16-9-19(26)22(20(27)10-16)34-13-15-2-1-3-18(8-15)29(32)33/h1-11H,12-13H2/b21-11+. The number of non-ortho nitro benzene ring substituents is 1. The quantitative estimate of drug-likeness (QED) is 0.174. The molecule has 4 rings (SSSR count). The zero-order valence-electron chi connectivity index (χ0n) is 17.7. The first-order valence-corrected chi connectivity index (χ1v) is 12.0. The van der Waals surface area contributed by atoms with E-state index in [1.807, 2.05) is 0 Å². The van der Waals surface area contributed by atoms with Gasteiger partial charge in [-0.15, -0.1) is 0 Å². The summed E-state index contributed by atoms with van der Waals surface area (Å²) in [5.74, 6) is -0.221. The summed E-state index contributed by atoms with van der Waals surface area (Å²) in [5.41, 5.74) is 1.81. The van der Waals surface area contributed by atoms with Crippen molar-refractivity contribution in [3.63, 3.8) is 0 Å². The fourth-order valence-corrected chi connectivity index (χ4v) is 4.85. The highest BCUT2D eigenvalue weighted by Crippen LogP contribution is 2.38. The second-order valence-corrected chi connectivity index (χ2v) is 9.67. The summed E-state index contributed by atoms with van der Waals surface area (Å²) >= 11 is 19.4. The molecule has 178 valence electrons. The van der Waals surface area contributed by atoms with Crippen molar-refractivity contribution >= 4 is 69.5 Å². The number of carbonyl (C=O) groups excluding carboxylic acids is 2. The van der Waals surface area contributed by atoms with Gasteiger partial charge in [-0.05, 0) is 58.8 Å². The van der Waals surface area contributed by atoms with Crippen molar-refractivity contribution in [1.29, 1.82) is 0 Å². The Hall–Kier alpha value is -3.04. The van der Waals surface area contributed by atoms with Gasteiger partial charge in [-0.25, -0.2) is 0 Å². The second-order valence-electron chi connectivity index (χ2n) is 7.42. The van der Waals surface area contributed by atoms with Gasteiger partial charge >= 0.3 is 0 Å². The Morgan fingerprint density at radius 2 is 1.66 bits per heavy atom. The minimum atomic E-state index is -0.491. The average Bonchev–Trinajstić information content (AvgIpc) is 3.07. The molecule has 1 saturated heterocycles. The average molecular weight is 550 g/mol. The summed E-state index contributed by atoms with van der Waals surface area (Å²) in [6.45, 7) is 0.148. The number of rotatable bonds is 7. The Morgan fingerprint density at radius 3 is 2.31 bits per heavy atom. The van der Waals surface area contributed by atoms with Gasteiger partial charge in [0.25, 0.3) is 16.8 Å². The number of hydrogen-bond acceptors (Lipinski definition) is 6. The first-order chi connectivity index (χ1) is 16.7. The number of ether oxygens (including phenoxy) is 1. The van der Waals surface area contributed by atoms with Crippen molar-refractivity contribution in [3.8, 4) is 5.75 Å². The number of nitrogens with zero attached hydrogens (tertiary/aromatic N) is 2. The molecule has 7 nitrogen and oxygen atoms in total. The number of halogens is 3. The molecule has 0 spiro atoms. The zero-order valence-corrected chi connectivity index (χ0v) is 20.8. The van der Waals surface area contributed by atoms with Crippen LogP contribution in [0.3, 0.4) is 0 Å². The summed E-state index contributed by atoms with van der Waals surface area (Å²) < 4.78 is 5.69. The lowest BCUT2D eigenvalue weighted by Crippen LogP contribution is -2.27. The first-order valence-electron chi connectivity index (χ1n) is 10.1. The van der Waals surface area contributed by atoms with E-state index in [2.05, 4.69) is 0 Å². The number of benzene rings is 3. The fraction of sp³-hybridized carbons (Fsp3) is 0.0833. The molecule has 1 aliphatic rings. The van der Waals surface area contributed by atoms with Crippen LogP contribution in [0.25, 0.3) is 6.08 Å². The van der Waals surface area contributed by atoms with E-state index in [4.69, 9.17) is 39.5 Å². The van der Waals surface area contributed by atoms with E-state index < -0.39 is 10.8 Å². The summed E-state index contributed by atoms with van der Waals surface area (Å²) in [4.78, 5) is 37.1. The van der Waals surface area contributed by atoms with Gasteiger partial charge in [-0.2, -0.15) is 0 Å². The van der Waals surface area contributed by atoms with Crippen LogP contribution in [0.1, 0.15) is 16.7 Å². The fourth-order valence-electron chi connectivity index (χ4n) is 3.28. The molecular weight excluding hydrogens is 535 g/mol. The molecule has 0 aliphatic carbocycles. The predicted octanol–water partition coefficient (Wildman–Crippen LogP) is 7.37. The third-order valence-corrected chi connectivity index (χ3v) is 6.67. The van der Waals surface area contributed by atoms with Gasteiger partial charge < -0.3 is 4.74 Å². The van der Waals surface area contributed by atoms with E-state index in [0.29, 0.717) is 16.1 Å². The Labute approximate surface area is 219 Å². The van der Waals surface area contributed by atoms with Gasteiger partial charge in [0, 0.05) is 17.2 Å². The molecule has 0 saturated carbocycles. The van der Waals surface area contributed by atoms with Crippen molar-refractivity contribution in [1.82, 2.24) is 4.90 Å². The second kappa shape index (κ2) is 10.7. The van der Waals surface area contributed by atoms with E-state index in [1.165, 1.54) is 18.2 Å². The van der Waals surface area contributed by atoms with Gasteiger partial charge in [0.2, 0.25) is 0 Å². The lowest BCUT2D eigenvalue weighted by Gasteiger charge is -2.12. The van der Waals surface area contributed by atoms with Crippen molar-refractivity contribution in [3.05, 3.63) is 107 Å². The molecule has 0 radical (unpaired) electrons. The third kappa shape index (κ3) is 5.97.